The maximum Gasteiger partial charge on any atom is 0.353 e. The fraction of sp³-hybridized carbons (Fsp3) is 0.167. The molecule has 1 heterocycles. The first-order valence-electron chi connectivity index (χ1n) is 5.79. The van der Waals surface area contributed by atoms with Gasteiger partial charge in [0.15, 0.2) is 5.82 Å². The Morgan fingerprint density at radius 3 is 2.60 bits per heavy atom. The number of nitrogens with zero attached hydrogens (tertiary/aromatic N) is 1. The molecule has 0 aliphatic rings. The molecule has 1 aromatic carbocycles. The molecule has 1 aromatic heterocycles. The van der Waals surface area contributed by atoms with Crippen LogP contribution in [0.4, 0.5) is 5.82 Å². The Morgan fingerprint density at radius 2 is 2.00 bits per heavy atom. The van der Waals surface area contributed by atoms with Crippen LogP contribution in [0.3, 0.4) is 0 Å². The third-order valence-corrected chi connectivity index (χ3v) is 3.83. The van der Waals surface area contributed by atoms with Crippen LogP contribution in [-0.4, -0.2) is 35.4 Å². The monoisotopic (exact) mass is 295 g/mol. The molecule has 0 spiro atoms. The van der Waals surface area contributed by atoms with Crippen molar-refractivity contribution < 1.29 is 18.3 Å². The minimum atomic E-state index is -3.57. The van der Waals surface area contributed by atoms with Gasteiger partial charge in [-0.2, -0.15) is 5.10 Å². The summed E-state index contributed by atoms with van der Waals surface area (Å²) in [6.45, 7) is 0. The van der Waals surface area contributed by atoms with Crippen molar-refractivity contribution in [1.29, 1.82) is 0 Å². The average Bonchev–Trinajstić information content (AvgIpc) is 2.86. The number of aryl methyl sites for hydroxylation is 1. The molecule has 20 heavy (non-hydrogen) atoms. The molecule has 0 aliphatic heterocycles. The van der Waals surface area contributed by atoms with Gasteiger partial charge in [-0.3, -0.25) is 9.82 Å². The summed E-state index contributed by atoms with van der Waals surface area (Å²) < 4.78 is 25.9. The van der Waals surface area contributed by atoms with Gasteiger partial charge in [0.1, 0.15) is 5.69 Å². The minimum absolute atomic E-state index is 0.0320. The first kappa shape index (κ1) is 14.1. The van der Waals surface area contributed by atoms with E-state index >= 15 is 0 Å². The predicted octanol–water partition coefficient (Wildman–Crippen LogP) is 1.09. The Morgan fingerprint density at radius 1 is 1.30 bits per heavy atom. The molecule has 0 bridgehead atoms. The number of carboxylic acid groups (broad SMARTS) is 1. The van der Waals surface area contributed by atoms with Crippen molar-refractivity contribution >= 4 is 21.8 Å². The molecule has 0 fully saturated rings. The van der Waals surface area contributed by atoms with E-state index in [-0.39, 0.29) is 17.3 Å². The molecule has 0 aliphatic carbocycles. The molecule has 0 atom stereocenters. The number of anilines is 1. The van der Waals surface area contributed by atoms with Crippen molar-refractivity contribution in [3.8, 4) is 0 Å². The third-order valence-electron chi connectivity index (χ3n) is 2.57. The van der Waals surface area contributed by atoms with Crippen molar-refractivity contribution in [1.82, 2.24) is 10.2 Å². The van der Waals surface area contributed by atoms with E-state index in [0.29, 0.717) is 6.42 Å². The van der Waals surface area contributed by atoms with Gasteiger partial charge in [0.05, 0.1) is 5.75 Å². The summed E-state index contributed by atoms with van der Waals surface area (Å²) in [6.07, 6.45) is 0.367. The number of aromatic amines is 1. The minimum Gasteiger partial charge on any atom is -0.477 e. The molecule has 0 amide bonds. The summed E-state index contributed by atoms with van der Waals surface area (Å²) in [5.41, 5.74) is 0.733. The number of hydrogen-bond acceptors (Lipinski definition) is 4. The number of benzene rings is 1. The highest BCUT2D eigenvalue weighted by Crippen LogP contribution is 2.09. The molecule has 0 saturated carbocycles. The highest BCUT2D eigenvalue weighted by Gasteiger charge is 2.14. The van der Waals surface area contributed by atoms with Crippen molar-refractivity contribution in [3.63, 3.8) is 0 Å². The van der Waals surface area contributed by atoms with Crippen LogP contribution in [0.1, 0.15) is 16.1 Å². The second-order valence-electron chi connectivity index (χ2n) is 4.13. The second-order valence-corrected chi connectivity index (χ2v) is 5.97. The van der Waals surface area contributed by atoms with Crippen molar-refractivity contribution in [2.24, 2.45) is 0 Å². The van der Waals surface area contributed by atoms with Gasteiger partial charge in [-0.05, 0) is 12.0 Å². The zero-order valence-corrected chi connectivity index (χ0v) is 11.2. The lowest BCUT2D eigenvalue weighted by atomic mass is 10.2. The van der Waals surface area contributed by atoms with E-state index in [1.165, 1.54) is 0 Å². The molecule has 106 valence electrons. The van der Waals surface area contributed by atoms with Gasteiger partial charge >= 0.3 is 5.97 Å². The highest BCUT2D eigenvalue weighted by molar-refractivity contribution is 7.92. The van der Waals surface area contributed by atoms with Gasteiger partial charge in [0, 0.05) is 6.07 Å². The summed E-state index contributed by atoms with van der Waals surface area (Å²) in [5.74, 6) is -1.34. The van der Waals surface area contributed by atoms with Crippen LogP contribution in [0.2, 0.25) is 0 Å². The number of rotatable bonds is 6. The predicted molar refractivity (Wildman–Crippen MR) is 73.1 cm³/mol. The third kappa shape index (κ3) is 3.82. The number of nitrogens with one attached hydrogen (secondary N) is 2. The topological polar surface area (TPSA) is 112 Å². The van der Waals surface area contributed by atoms with Crippen LogP contribution in [0.15, 0.2) is 36.4 Å². The summed E-state index contributed by atoms with van der Waals surface area (Å²) in [6, 6.07) is 10.3. The van der Waals surface area contributed by atoms with Crippen LogP contribution < -0.4 is 4.72 Å². The zero-order chi connectivity index (χ0) is 14.6. The number of aromatic carboxylic acids is 1. The lowest BCUT2D eigenvalue weighted by molar-refractivity contribution is 0.0690. The molecule has 2 rings (SSSR count). The van der Waals surface area contributed by atoms with Gasteiger partial charge < -0.3 is 5.11 Å². The number of aromatic nitrogens is 2. The standard InChI is InChI=1S/C12H13N3O4S/c16-12(17)10-8-11(14-13-10)15-20(18,19)7-6-9-4-2-1-3-5-9/h1-5,8H,6-7H2,(H,16,17)(H2,13,14,15). The number of carbonyl (C=O) groups is 1. The number of H-pyrrole nitrogens is 1. The molecular formula is C12H13N3O4S. The fourth-order valence-corrected chi connectivity index (χ4v) is 2.62. The molecule has 7 nitrogen and oxygen atoms in total. The molecule has 2 aromatic rings. The van der Waals surface area contributed by atoms with Crippen LogP contribution in [0.25, 0.3) is 0 Å². The highest BCUT2D eigenvalue weighted by atomic mass is 32.2. The van der Waals surface area contributed by atoms with Crippen molar-refractivity contribution in [3.05, 3.63) is 47.7 Å². The van der Waals surface area contributed by atoms with E-state index in [4.69, 9.17) is 5.11 Å². The maximum absolute atomic E-state index is 11.8. The van der Waals surface area contributed by atoms with E-state index in [9.17, 15) is 13.2 Å². The van der Waals surface area contributed by atoms with E-state index in [2.05, 4.69) is 14.9 Å². The van der Waals surface area contributed by atoms with Crippen molar-refractivity contribution in [2.75, 3.05) is 10.5 Å². The Kier molecular flexibility index (Phi) is 4.04. The van der Waals surface area contributed by atoms with Crippen LogP contribution in [-0.2, 0) is 16.4 Å². The SMILES string of the molecule is O=C(O)c1cc(NS(=O)(=O)CCc2ccccc2)n[nH]1. The molecule has 0 radical (unpaired) electrons. The Labute approximate surface area is 115 Å². The van der Waals surface area contributed by atoms with Gasteiger partial charge in [-0.25, -0.2) is 13.2 Å². The molecule has 3 N–H and O–H groups in total. The van der Waals surface area contributed by atoms with E-state index in [0.717, 1.165) is 11.6 Å². The average molecular weight is 295 g/mol. The number of hydrogen-bond donors (Lipinski definition) is 3. The molecule has 0 saturated heterocycles. The zero-order valence-electron chi connectivity index (χ0n) is 10.4. The lowest BCUT2D eigenvalue weighted by Crippen LogP contribution is -2.18. The number of carboxylic acids is 1. The molecule has 8 heteroatoms. The normalized spacial score (nSPS) is 11.2. The maximum atomic E-state index is 11.8. The first-order chi connectivity index (χ1) is 9.46. The van der Waals surface area contributed by atoms with Crippen molar-refractivity contribution in [2.45, 2.75) is 6.42 Å². The lowest BCUT2D eigenvalue weighted by Gasteiger charge is -2.05. The second kappa shape index (κ2) is 5.74. The summed E-state index contributed by atoms with van der Waals surface area (Å²) in [4.78, 5) is 10.6. The summed E-state index contributed by atoms with van der Waals surface area (Å²) >= 11 is 0. The van der Waals surface area contributed by atoms with Gasteiger partial charge in [0.25, 0.3) is 0 Å². The molecule has 0 unspecified atom stereocenters. The Balaban J connectivity index is 1.98. The van der Waals surface area contributed by atoms with Crippen LogP contribution >= 0.6 is 0 Å². The summed E-state index contributed by atoms with van der Waals surface area (Å²) in [5, 5.41) is 14.5. The molecular weight excluding hydrogens is 282 g/mol. The smallest absolute Gasteiger partial charge is 0.353 e. The van der Waals surface area contributed by atoms with Gasteiger partial charge in [-0.15, -0.1) is 0 Å². The van der Waals surface area contributed by atoms with E-state index < -0.39 is 16.0 Å². The number of sulfonamides is 1. The first-order valence-corrected chi connectivity index (χ1v) is 7.44. The van der Waals surface area contributed by atoms with Crippen LogP contribution in [0, 0.1) is 0 Å². The summed E-state index contributed by atoms with van der Waals surface area (Å²) in [7, 11) is -3.57. The van der Waals surface area contributed by atoms with E-state index in [1.807, 2.05) is 30.3 Å². The Bertz CT molecular complexity index is 695. The van der Waals surface area contributed by atoms with Crippen LogP contribution in [0.5, 0.6) is 0 Å². The fourth-order valence-electron chi connectivity index (χ4n) is 1.59. The largest absolute Gasteiger partial charge is 0.477 e. The van der Waals surface area contributed by atoms with Gasteiger partial charge in [0.2, 0.25) is 10.0 Å². The van der Waals surface area contributed by atoms with Gasteiger partial charge in [-0.1, -0.05) is 30.3 Å². The Hall–Kier alpha value is -2.35. The quantitative estimate of drug-likeness (QED) is 0.738. The van der Waals surface area contributed by atoms with E-state index in [1.54, 1.807) is 0 Å².